The van der Waals surface area contributed by atoms with Crippen molar-refractivity contribution >= 4 is 34.3 Å². The summed E-state index contributed by atoms with van der Waals surface area (Å²) in [4.78, 5) is 27.3. The van der Waals surface area contributed by atoms with Gasteiger partial charge in [-0.25, -0.2) is 20.3 Å². The first-order valence-electron chi connectivity index (χ1n) is 15.2. The molecule has 8 nitrogen and oxygen atoms in total. The van der Waals surface area contributed by atoms with E-state index < -0.39 is 23.6 Å². The van der Waals surface area contributed by atoms with Gasteiger partial charge in [-0.3, -0.25) is 4.79 Å². The molecule has 3 aromatic rings. The fraction of sp³-hybridized carbons (Fsp3) is 0.412. The third-order valence-corrected chi connectivity index (χ3v) is 10.3. The molecule has 11 heteroatoms. The molecule has 0 spiro atoms. The van der Waals surface area contributed by atoms with E-state index in [-0.39, 0.29) is 49.2 Å². The van der Waals surface area contributed by atoms with Gasteiger partial charge in [0.05, 0.1) is 5.69 Å². The number of rotatable bonds is 7. The van der Waals surface area contributed by atoms with Crippen molar-refractivity contribution in [1.82, 2.24) is 14.8 Å². The molecule has 2 aromatic carbocycles. The highest BCUT2D eigenvalue weighted by Gasteiger charge is 2.36. The van der Waals surface area contributed by atoms with Gasteiger partial charge < -0.3 is 24.3 Å². The van der Waals surface area contributed by atoms with E-state index in [4.69, 9.17) is 11.3 Å². The summed E-state index contributed by atoms with van der Waals surface area (Å²) < 4.78 is 36.9. The molecular formula is C34H34F2N6O2S. The lowest BCUT2D eigenvalue weighted by Gasteiger charge is -2.40. The van der Waals surface area contributed by atoms with Crippen molar-refractivity contribution in [2.24, 2.45) is 0 Å². The molecule has 0 saturated carbocycles. The number of thioether (sulfide) groups is 1. The Kier molecular flexibility index (Phi) is 8.93. The number of anilines is 1. The van der Waals surface area contributed by atoms with E-state index >= 15 is 4.39 Å². The molecule has 4 heterocycles. The summed E-state index contributed by atoms with van der Waals surface area (Å²) in [7, 11) is 2.03. The summed E-state index contributed by atoms with van der Waals surface area (Å²) in [6.45, 7) is 12.3. The lowest BCUT2D eigenvalue weighted by Crippen LogP contribution is -2.56. The first kappa shape index (κ1) is 30.8. The second-order valence-electron chi connectivity index (χ2n) is 11.7. The number of pyridine rings is 1. The van der Waals surface area contributed by atoms with Gasteiger partial charge in [0, 0.05) is 41.5 Å². The maximum atomic E-state index is 16.8. The number of nitrogens with zero attached hydrogens (tertiary/aromatic N) is 6. The minimum absolute atomic E-state index is 0.0550. The Hall–Kier alpha value is -4.19. The quantitative estimate of drug-likeness (QED) is 0.240. The summed E-state index contributed by atoms with van der Waals surface area (Å²) in [5.74, 6) is -1.35. The van der Waals surface area contributed by atoms with Gasteiger partial charge in [0.1, 0.15) is 29.8 Å². The van der Waals surface area contributed by atoms with Crippen LogP contribution in [-0.4, -0.2) is 84.9 Å². The second-order valence-corrected chi connectivity index (χ2v) is 12.9. The fourth-order valence-electron chi connectivity index (χ4n) is 6.75. The lowest BCUT2D eigenvalue weighted by molar-refractivity contribution is -0.131. The van der Waals surface area contributed by atoms with E-state index in [1.165, 1.54) is 4.90 Å². The standard InChI is InChI=1S/C34H34F2N6O2S/c1-21(35)34(43)42-15-14-41(19-23(42)18-38-2)32-27-12-11-26(24-8-4-10-29-25(24)9-6-16-45-29)30(36)31(27)39-33(28(32)17-37)44-20-22-7-5-13-40(22)3/h4,8,10-12,22-23H,1,5-7,9,13-16,18-20H2,3H3/t22-,23-/m0/s1. The van der Waals surface area contributed by atoms with Crippen molar-refractivity contribution in [2.75, 3.05) is 57.0 Å². The molecule has 0 N–H and O–H groups in total. The Morgan fingerprint density at radius 1 is 1.22 bits per heavy atom. The largest absolute Gasteiger partial charge is 0.475 e. The molecule has 2 atom stereocenters. The number of halogens is 2. The minimum atomic E-state index is -1.09. The van der Waals surface area contributed by atoms with Crippen LogP contribution < -0.4 is 9.64 Å². The van der Waals surface area contributed by atoms with E-state index in [0.29, 0.717) is 23.2 Å². The molecule has 3 aliphatic heterocycles. The van der Waals surface area contributed by atoms with Crippen LogP contribution in [0.5, 0.6) is 5.88 Å². The molecule has 45 heavy (non-hydrogen) atoms. The van der Waals surface area contributed by atoms with Crippen molar-refractivity contribution in [1.29, 1.82) is 5.26 Å². The van der Waals surface area contributed by atoms with Gasteiger partial charge in [-0.1, -0.05) is 24.8 Å². The number of piperazine rings is 1. The summed E-state index contributed by atoms with van der Waals surface area (Å²) in [6.07, 6.45) is 3.87. The van der Waals surface area contributed by atoms with Crippen molar-refractivity contribution in [2.45, 2.75) is 42.7 Å². The number of aromatic nitrogens is 1. The van der Waals surface area contributed by atoms with E-state index in [2.05, 4.69) is 33.4 Å². The minimum Gasteiger partial charge on any atom is -0.475 e. The van der Waals surface area contributed by atoms with Crippen molar-refractivity contribution in [3.05, 3.63) is 71.1 Å². The Bertz CT molecular complexity index is 1750. The Labute approximate surface area is 266 Å². The number of nitriles is 1. The lowest BCUT2D eigenvalue weighted by atomic mass is 9.94. The zero-order valence-electron chi connectivity index (χ0n) is 25.2. The van der Waals surface area contributed by atoms with Crippen LogP contribution >= 0.6 is 11.8 Å². The first-order valence-corrected chi connectivity index (χ1v) is 16.2. The molecular weight excluding hydrogens is 594 g/mol. The van der Waals surface area contributed by atoms with Crippen LogP contribution in [0.25, 0.3) is 26.9 Å². The number of fused-ring (bicyclic) bond motifs is 2. The first-order chi connectivity index (χ1) is 21.8. The smallest absolute Gasteiger partial charge is 0.282 e. The number of likely N-dealkylation sites (tertiary alicyclic amines) is 1. The van der Waals surface area contributed by atoms with Gasteiger partial charge in [-0.15, -0.1) is 11.8 Å². The van der Waals surface area contributed by atoms with Crippen LogP contribution in [0.4, 0.5) is 14.5 Å². The molecule has 1 aromatic heterocycles. The summed E-state index contributed by atoms with van der Waals surface area (Å²) in [5, 5.41) is 10.9. The van der Waals surface area contributed by atoms with Crippen LogP contribution in [0.2, 0.25) is 0 Å². The predicted octanol–water partition coefficient (Wildman–Crippen LogP) is 5.84. The molecule has 1 amide bonds. The zero-order valence-corrected chi connectivity index (χ0v) is 26.0. The Morgan fingerprint density at radius 2 is 2.07 bits per heavy atom. The molecule has 0 unspecified atom stereocenters. The van der Waals surface area contributed by atoms with Crippen LogP contribution in [-0.2, 0) is 11.2 Å². The molecule has 6 rings (SSSR count). The van der Waals surface area contributed by atoms with Gasteiger partial charge in [0.25, 0.3) is 5.91 Å². The maximum absolute atomic E-state index is 16.8. The monoisotopic (exact) mass is 628 g/mol. The van der Waals surface area contributed by atoms with Crippen LogP contribution in [0, 0.1) is 23.7 Å². The van der Waals surface area contributed by atoms with Gasteiger partial charge in [0.2, 0.25) is 12.4 Å². The van der Waals surface area contributed by atoms with E-state index in [1.807, 2.05) is 24.1 Å². The molecule has 3 aliphatic rings. The number of benzene rings is 2. The number of hydrogen-bond donors (Lipinski definition) is 0. The molecule has 0 aliphatic carbocycles. The number of likely N-dealkylation sites (N-methyl/N-ethyl adjacent to an activating group) is 1. The van der Waals surface area contributed by atoms with Gasteiger partial charge in [-0.2, -0.15) is 5.26 Å². The topological polar surface area (TPSA) is 77.1 Å². The molecule has 232 valence electrons. The number of amides is 1. The summed E-state index contributed by atoms with van der Waals surface area (Å²) >= 11 is 1.78. The zero-order chi connectivity index (χ0) is 31.7. The summed E-state index contributed by atoms with van der Waals surface area (Å²) in [6, 6.07) is 11.3. The van der Waals surface area contributed by atoms with E-state index in [9.17, 15) is 14.4 Å². The average Bonchev–Trinajstić information content (AvgIpc) is 3.47. The van der Waals surface area contributed by atoms with Gasteiger partial charge in [0.15, 0.2) is 11.6 Å². The SMILES string of the molecule is [C-]#[N+]C[C@H]1CN(c2c(C#N)c(OC[C@@H]3CCCN3C)nc3c(F)c(-c4cccc5c4CCCS5)ccc23)CCN1C(=O)C(=C)F. The van der Waals surface area contributed by atoms with Crippen molar-refractivity contribution in [3.63, 3.8) is 0 Å². The van der Waals surface area contributed by atoms with Crippen LogP contribution in [0.1, 0.15) is 30.4 Å². The van der Waals surface area contributed by atoms with Crippen molar-refractivity contribution in [3.8, 4) is 23.1 Å². The maximum Gasteiger partial charge on any atom is 0.282 e. The summed E-state index contributed by atoms with van der Waals surface area (Å²) in [5.41, 5.74) is 3.09. The highest BCUT2D eigenvalue weighted by molar-refractivity contribution is 7.99. The number of carbonyl (C=O) groups is 1. The highest BCUT2D eigenvalue weighted by atomic mass is 32.2. The van der Waals surface area contributed by atoms with E-state index in [0.717, 1.165) is 54.0 Å². The molecule has 0 bridgehead atoms. The van der Waals surface area contributed by atoms with Gasteiger partial charge >= 0.3 is 0 Å². The molecule has 0 radical (unpaired) electrons. The highest BCUT2D eigenvalue weighted by Crippen LogP contribution is 2.42. The second kappa shape index (κ2) is 13.0. The van der Waals surface area contributed by atoms with Crippen LogP contribution in [0.15, 0.2) is 47.6 Å². The van der Waals surface area contributed by atoms with E-state index in [1.54, 1.807) is 23.9 Å². The van der Waals surface area contributed by atoms with Gasteiger partial charge in [-0.05, 0) is 68.3 Å². The average molecular weight is 629 g/mol. The molecule has 2 saturated heterocycles. The predicted molar refractivity (Wildman–Crippen MR) is 171 cm³/mol. The molecule has 2 fully saturated rings. The number of hydrogen-bond acceptors (Lipinski definition) is 7. The fourth-order valence-corrected chi connectivity index (χ4v) is 7.82. The third-order valence-electron chi connectivity index (χ3n) is 9.08. The Morgan fingerprint density at radius 3 is 2.80 bits per heavy atom. The number of ether oxygens (including phenoxy) is 1. The number of carbonyl (C=O) groups excluding carboxylic acids is 1. The van der Waals surface area contributed by atoms with Crippen LogP contribution in [0.3, 0.4) is 0 Å². The normalized spacial score (nSPS) is 20.0. The Balaban J connectivity index is 1.49. The third kappa shape index (κ3) is 5.83. The van der Waals surface area contributed by atoms with Crippen molar-refractivity contribution < 1.29 is 18.3 Å².